The third kappa shape index (κ3) is 3.56. The van der Waals surface area contributed by atoms with E-state index in [0.717, 1.165) is 23.7 Å². The van der Waals surface area contributed by atoms with Gasteiger partial charge in [-0.25, -0.2) is 9.97 Å². The monoisotopic (exact) mass is 266 g/mol. The van der Waals surface area contributed by atoms with Gasteiger partial charge in [0.1, 0.15) is 17.5 Å². The van der Waals surface area contributed by atoms with Crippen LogP contribution in [0.4, 0.5) is 11.6 Å². The lowest BCUT2D eigenvalue weighted by atomic mass is 9.86. The van der Waals surface area contributed by atoms with Gasteiger partial charge in [-0.3, -0.25) is 0 Å². The number of aryl methyl sites for hydroxylation is 1. The fourth-order valence-corrected chi connectivity index (χ4v) is 1.54. The summed E-state index contributed by atoms with van der Waals surface area (Å²) in [7, 11) is 0. The lowest BCUT2D eigenvalue weighted by Crippen LogP contribution is -2.51. The lowest BCUT2D eigenvalue weighted by molar-refractivity contribution is 0.0238. The average Bonchev–Trinajstić information content (AvgIpc) is 2.23. The quantitative estimate of drug-likeness (QED) is 0.764. The summed E-state index contributed by atoms with van der Waals surface area (Å²) < 4.78 is 0. The van der Waals surface area contributed by atoms with Gasteiger partial charge in [-0.1, -0.05) is 0 Å². The van der Waals surface area contributed by atoms with Crippen LogP contribution in [0, 0.1) is 13.8 Å². The predicted molar refractivity (Wildman–Crippen MR) is 79.7 cm³/mol. The third-order valence-electron chi connectivity index (χ3n) is 3.56. The molecule has 0 aliphatic carbocycles. The summed E-state index contributed by atoms with van der Waals surface area (Å²) in [5.41, 5.74) is -0.400. The van der Waals surface area contributed by atoms with E-state index in [1.807, 2.05) is 34.6 Å². The van der Waals surface area contributed by atoms with Crippen molar-refractivity contribution in [2.75, 3.05) is 17.2 Å². The Morgan fingerprint density at radius 2 is 1.58 bits per heavy atom. The van der Waals surface area contributed by atoms with Gasteiger partial charge in [0, 0.05) is 12.1 Å². The van der Waals surface area contributed by atoms with Gasteiger partial charge < -0.3 is 15.7 Å². The van der Waals surface area contributed by atoms with Crippen molar-refractivity contribution in [3.63, 3.8) is 0 Å². The summed E-state index contributed by atoms with van der Waals surface area (Å²) in [6, 6.07) is 0. The molecule has 1 heterocycles. The van der Waals surface area contributed by atoms with Crippen LogP contribution in [0.1, 0.15) is 46.0 Å². The van der Waals surface area contributed by atoms with Crippen molar-refractivity contribution in [2.45, 2.75) is 59.6 Å². The highest BCUT2D eigenvalue weighted by molar-refractivity contribution is 5.58. The van der Waals surface area contributed by atoms with E-state index in [0.29, 0.717) is 5.82 Å². The molecule has 0 aliphatic heterocycles. The predicted octanol–water partition coefficient (Wildman–Crippen LogP) is 2.49. The van der Waals surface area contributed by atoms with Crippen molar-refractivity contribution >= 4 is 11.6 Å². The first kappa shape index (κ1) is 15.7. The van der Waals surface area contributed by atoms with E-state index in [1.54, 1.807) is 13.8 Å². The standard InChI is InChI=1S/C14H26N4O/c1-8-15-11-9(2)12(17-10(3)16-11)18-13(4,5)14(6,7)19/h19H,8H2,1-7H3,(H2,15,16,17,18). The molecule has 0 radical (unpaired) electrons. The van der Waals surface area contributed by atoms with E-state index in [1.165, 1.54) is 0 Å². The van der Waals surface area contributed by atoms with Crippen LogP contribution in [0.3, 0.4) is 0 Å². The number of rotatable bonds is 5. The van der Waals surface area contributed by atoms with Crippen molar-refractivity contribution < 1.29 is 5.11 Å². The molecular weight excluding hydrogens is 240 g/mol. The summed E-state index contributed by atoms with van der Waals surface area (Å²) in [6.07, 6.45) is 0. The molecular formula is C14H26N4O. The Balaban J connectivity index is 3.15. The average molecular weight is 266 g/mol. The summed E-state index contributed by atoms with van der Waals surface area (Å²) >= 11 is 0. The number of nitrogens with zero attached hydrogens (tertiary/aromatic N) is 2. The van der Waals surface area contributed by atoms with Crippen LogP contribution in [-0.4, -0.2) is 32.8 Å². The smallest absolute Gasteiger partial charge is 0.135 e. The first-order valence-corrected chi connectivity index (χ1v) is 6.68. The van der Waals surface area contributed by atoms with E-state index in [4.69, 9.17) is 0 Å². The second-order valence-corrected chi connectivity index (χ2v) is 5.93. The van der Waals surface area contributed by atoms with Gasteiger partial charge >= 0.3 is 0 Å². The maximum Gasteiger partial charge on any atom is 0.135 e. The maximum atomic E-state index is 10.2. The number of anilines is 2. The van der Waals surface area contributed by atoms with Gasteiger partial charge in [-0.2, -0.15) is 0 Å². The molecule has 0 bridgehead atoms. The fraction of sp³-hybridized carbons (Fsp3) is 0.714. The lowest BCUT2D eigenvalue weighted by Gasteiger charge is -2.38. The highest BCUT2D eigenvalue weighted by Gasteiger charge is 2.35. The van der Waals surface area contributed by atoms with E-state index in [-0.39, 0.29) is 0 Å². The fourth-order valence-electron chi connectivity index (χ4n) is 1.54. The van der Waals surface area contributed by atoms with Crippen molar-refractivity contribution in [3.8, 4) is 0 Å². The number of hydrogen-bond acceptors (Lipinski definition) is 5. The zero-order chi connectivity index (χ0) is 14.8. The van der Waals surface area contributed by atoms with Crippen LogP contribution < -0.4 is 10.6 Å². The molecule has 0 aromatic carbocycles. The molecule has 0 atom stereocenters. The highest BCUT2D eigenvalue weighted by Crippen LogP contribution is 2.28. The minimum absolute atomic E-state index is 0.498. The zero-order valence-electron chi connectivity index (χ0n) is 13.0. The van der Waals surface area contributed by atoms with Gasteiger partial charge in [0.15, 0.2) is 0 Å². The van der Waals surface area contributed by atoms with Crippen molar-refractivity contribution in [3.05, 3.63) is 11.4 Å². The van der Waals surface area contributed by atoms with Crippen LogP contribution in [0.25, 0.3) is 0 Å². The molecule has 0 saturated carbocycles. The Morgan fingerprint density at radius 1 is 1.05 bits per heavy atom. The number of aromatic nitrogens is 2. The molecule has 0 aliphatic rings. The summed E-state index contributed by atoms with van der Waals surface area (Å²) in [5.74, 6) is 2.30. The van der Waals surface area contributed by atoms with Crippen molar-refractivity contribution in [2.24, 2.45) is 0 Å². The van der Waals surface area contributed by atoms with Gasteiger partial charge in [-0.15, -0.1) is 0 Å². The highest BCUT2D eigenvalue weighted by atomic mass is 16.3. The SMILES string of the molecule is CCNc1nc(C)nc(NC(C)(C)C(C)(C)O)c1C. The second-order valence-electron chi connectivity index (χ2n) is 5.93. The molecule has 1 aromatic heterocycles. The van der Waals surface area contributed by atoms with E-state index in [2.05, 4.69) is 20.6 Å². The molecule has 0 amide bonds. The molecule has 0 fully saturated rings. The Kier molecular flexibility index (Phi) is 4.40. The molecule has 0 spiro atoms. The van der Waals surface area contributed by atoms with Crippen LogP contribution in [0.5, 0.6) is 0 Å². The van der Waals surface area contributed by atoms with Gasteiger partial charge in [0.05, 0.1) is 11.1 Å². The minimum atomic E-state index is -0.864. The molecule has 19 heavy (non-hydrogen) atoms. The van der Waals surface area contributed by atoms with E-state index >= 15 is 0 Å². The number of nitrogens with one attached hydrogen (secondary N) is 2. The topological polar surface area (TPSA) is 70.1 Å². The summed E-state index contributed by atoms with van der Waals surface area (Å²) in [5, 5.41) is 16.8. The first-order chi connectivity index (χ1) is 8.58. The number of aliphatic hydroxyl groups is 1. The van der Waals surface area contributed by atoms with Gasteiger partial charge in [0.2, 0.25) is 0 Å². The zero-order valence-corrected chi connectivity index (χ0v) is 13.0. The molecule has 3 N–H and O–H groups in total. The Labute approximate surface area is 115 Å². The van der Waals surface area contributed by atoms with Crippen molar-refractivity contribution in [1.29, 1.82) is 0 Å². The molecule has 5 heteroatoms. The minimum Gasteiger partial charge on any atom is -0.388 e. The molecule has 0 saturated heterocycles. The summed E-state index contributed by atoms with van der Waals surface area (Å²) in [6.45, 7) is 14.2. The van der Waals surface area contributed by atoms with Crippen LogP contribution in [0.2, 0.25) is 0 Å². The third-order valence-corrected chi connectivity index (χ3v) is 3.56. The second kappa shape index (κ2) is 5.33. The normalized spacial score (nSPS) is 12.4. The molecule has 1 aromatic rings. The van der Waals surface area contributed by atoms with Crippen LogP contribution in [-0.2, 0) is 0 Å². The van der Waals surface area contributed by atoms with E-state index < -0.39 is 11.1 Å². The molecule has 108 valence electrons. The Morgan fingerprint density at radius 3 is 2.05 bits per heavy atom. The van der Waals surface area contributed by atoms with Crippen LogP contribution >= 0.6 is 0 Å². The van der Waals surface area contributed by atoms with E-state index in [9.17, 15) is 5.11 Å². The maximum absolute atomic E-state index is 10.2. The van der Waals surface area contributed by atoms with Gasteiger partial charge in [0.25, 0.3) is 0 Å². The van der Waals surface area contributed by atoms with Crippen molar-refractivity contribution in [1.82, 2.24) is 9.97 Å². The molecule has 5 nitrogen and oxygen atoms in total. The van der Waals surface area contributed by atoms with Gasteiger partial charge in [-0.05, 0) is 48.5 Å². The number of hydrogen-bond donors (Lipinski definition) is 3. The molecule has 1 rings (SSSR count). The molecule has 0 unspecified atom stereocenters. The van der Waals surface area contributed by atoms with Crippen LogP contribution in [0.15, 0.2) is 0 Å². The largest absolute Gasteiger partial charge is 0.388 e. The summed E-state index contributed by atoms with van der Waals surface area (Å²) in [4.78, 5) is 8.83. The Hall–Kier alpha value is -1.36. The Bertz CT molecular complexity index is 449. The first-order valence-electron chi connectivity index (χ1n) is 6.68.